The average Bonchev–Trinajstić information content (AvgIpc) is 2.62. The fourth-order valence-electron chi connectivity index (χ4n) is 2.67. The quantitative estimate of drug-likeness (QED) is 0.842. The lowest BCUT2D eigenvalue weighted by Gasteiger charge is -2.27. The largest absolute Gasteiger partial charge is 0.398 e. The fraction of sp³-hybridized carbons (Fsp3) is 0.571. The second-order valence-electron chi connectivity index (χ2n) is 6.19. The lowest BCUT2D eigenvalue weighted by Crippen LogP contribution is -2.41. The number of hydrogen-bond acceptors (Lipinski definition) is 3. The van der Waals surface area contributed by atoms with Gasteiger partial charge in [0, 0.05) is 11.7 Å². The normalized spacial score (nSPS) is 22.1. The first-order chi connectivity index (χ1) is 9.13. The Morgan fingerprint density at radius 3 is 2.60 bits per heavy atom. The van der Waals surface area contributed by atoms with E-state index < -0.39 is 10.0 Å². The van der Waals surface area contributed by atoms with Gasteiger partial charge in [0.15, 0.2) is 0 Å². The lowest BCUT2D eigenvalue weighted by molar-refractivity contribution is 0.313. The summed E-state index contributed by atoms with van der Waals surface area (Å²) in [5, 5.41) is 0.208. The third kappa shape index (κ3) is 2.95. The highest BCUT2D eigenvalue weighted by Crippen LogP contribution is 2.38. The molecule has 1 unspecified atom stereocenters. The van der Waals surface area contributed by atoms with E-state index in [0.717, 1.165) is 24.8 Å². The molecule has 1 saturated carbocycles. The molecule has 0 amide bonds. The Balaban J connectivity index is 2.34. The zero-order chi connectivity index (χ0) is 15.1. The monoisotopic (exact) mass is 316 g/mol. The van der Waals surface area contributed by atoms with Crippen molar-refractivity contribution < 1.29 is 8.42 Å². The van der Waals surface area contributed by atoms with Gasteiger partial charge in [-0.3, -0.25) is 0 Å². The topological polar surface area (TPSA) is 72.2 Å². The minimum absolute atomic E-state index is 0.0320. The summed E-state index contributed by atoms with van der Waals surface area (Å²) in [7, 11) is -3.65. The van der Waals surface area contributed by atoms with Gasteiger partial charge in [-0.2, -0.15) is 0 Å². The number of aryl methyl sites for hydroxylation is 1. The van der Waals surface area contributed by atoms with Gasteiger partial charge in [-0.1, -0.05) is 31.9 Å². The summed E-state index contributed by atoms with van der Waals surface area (Å²) in [6.45, 7) is 5.96. The van der Waals surface area contributed by atoms with Gasteiger partial charge in [0.05, 0.1) is 5.02 Å². The summed E-state index contributed by atoms with van der Waals surface area (Å²) in [5.41, 5.74) is 6.97. The smallest absolute Gasteiger partial charge is 0.242 e. The molecule has 1 aromatic carbocycles. The number of benzene rings is 1. The van der Waals surface area contributed by atoms with Crippen molar-refractivity contribution in [3.8, 4) is 0 Å². The number of hydrogen-bond donors (Lipinski definition) is 2. The van der Waals surface area contributed by atoms with Crippen molar-refractivity contribution in [2.75, 3.05) is 5.73 Å². The van der Waals surface area contributed by atoms with Gasteiger partial charge in [-0.15, -0.1) is 0 Å². The molecule has 2 rings (SSSR count). The molecule has 1 aromatic rings. The van der Waals surface area contributed by atoms with Crippen LogP contribution in [-0.4, -0.2) is 14.5 Å². The third-order valence-corrected chi connectivity index (χ3v) is 6.10. The Kier molecular flexibility index (Phi) is 4.06. The molecule has 0 aliphatic heterocycles. The molecule has 0 bridgehead atoms. The van der Waals surface area contributed by atoms with Crippen LogP contribution in [0, 0.1) is 12.3 Å². The number of nitrogen functional groups attached to an aromatic ring is 1. The molecule has 3 N–H and O–H groups in total. The van der Waals surface area contributed by atoms with Crippen LogP contribution in [0.1, 0.15) is 38.7 Å². The van der Waals surface area contributed by atoms with Crippen LogP contribution in [0.25, 0.3) is 0 Å². The molecule has 0 aromatic heterocycles. The summed E-state index contributed by atoms with van der Waals surface area (Å²) in [4.78, 5) is 0.0602. The van der Waals surface area contributed by atoms with E-state index in [-0.39, 0.29) is 21.4 Å². The van der Waals surface area contributed by atoms with Gasteiger partial charge < -0.3 is 5.73 Å². The molecule has 1 aliphatic rings. The van der Waals surface area contributed by atoms with Crippen LogP contribution in [0.4, 0.5) is 5.69 Å². The summed E-state index contributed by atoms with van der Waals surface area (Å²) in [5.74, 6) is 0. The average molecular weight is 317 g/mol. The molecule has 0 saturated heterocycles. The van der Waals surface area contributed by atoms with Gasteiger partial charge >= 0.3 is 0 Å². The number of sulfonamides is 1. The van der Waals surface area contributed by atoms with Gasteiger partial charge in [-0.25, -0.2) is 13.1 Å². The van der Waals surface area contributed by atoms with Crippen molar-refractivity contribution in [2.24, 2.45) is 5.41 Å². The molecule has 1 atom stereocenters. The molecule has 0 spiro atoms. The van der Waals surface area contributed by atoms with E-state index in [1.807, 2.05) is 0 Å². The summed E-state index contributed by atoms with van der Waals surface area (Å²) in [6, 6.07) is 2.96. The highest BCUT2D eigenvalue weighted by atomic mass is 35.5. The van der Waals surface area contributed by atoms with Crippen LogP contribution in [-0.2, 0) is 10.0 Å². The Labute approximate surface area is 125 Å². The molecule has 0 heterocycles. The first-order valence-electron chi connectivity index (χ1n) is 6.71. The number of anilines is 1. The van der Waals surface area contributed by atoms with Crippen molar-refractivity contribution >= 4 is 27.3 Å². The van der Waals surface area contributed by atoms with E-state index in [0.29, 0.717) is 5.69 Å². The standard InChI is InChI=1S/C14H21ClN2O2S/c1-9-7-10(15)12(8-11(9)16)20(18,19)17-13-5-4-6-14(13,2)3/h7-8,13,17H,4-6,16H2,1-3H3. The summed E-state index contributed by atoms with van der Waals surface area (Å²) in [6.07, 6.45) is 2.90. The van der Waals surface area contributed by atoms with Crippen LogP contribution in [0.5, 0.6) is 0 Å². The maximum atomic E-state index is 12.5. The zero-order valence-corrected chi connectivity index (χ0v) is 13.6. The van der Waals surface area contributed by atoms with Crippen LogP contribution in [0.15, 0.2) is 17.0 Å². The first kappa shape index (κ1) is 15.6. The fourth-order valence-corrected chi connectivity index (χ4v) is 4.73. The first-order valence-corrected chi connectivity index (χ1v) is 8.57. The molecule has 6 heteroatoms. The Bertz CT molecular complexity index is 626. The van der Waals surface area contributed by atoms with Crippen molar-refractivity contribution in [3.63, 3.8) is 0 Å². The molecule has 20 heavy (non-hydrogen) atoms. The minimum atomic E-state index is -3.65. The van der Waals surface area contributed by atoms with Crippen molar-refractivity contribution in [1.82, 2.24) is 4.72 Å². The molecule has 112 valence electrons. The van der Waals surface area contributed by atoms with Crippen LogP contribution in [0.3, 0.4) is 0 Å². The highest BCUT2D eigenvalue weighted by Gasteiger charge is 2.37. The second-order valence-corrected chi connectivity index (χ2v) is 8.28. The zero-order valence-electron chi connectivity index (χ0n) is 12.0. The van der Waals surface area contributed by atoms with E-state index in [1.165, 1.54) is 6.07 Å². The number of halogens is 1. The Morgan fingerprint density at radius 1 is 1.40 bits per heavy atom. The van der Waals surface area contributed by atoms with E-state index in [1.54, 1.807) is 13.0 Å². The van der Waals surface area contributed by atoms with Gasteiger partial charge in [0.2, 0.25) is 10.0 Å². The molecule has 4 nitrogen and oxygen atoms in total. The molecular formula is C14H21ClN2O2S. The predicted molar refractivity (Wildman–Crippen MR) is 82.3 cm³/mol. The van der Waals surface area contributed by atoms with Gasteiger partial charge in [0.25, 0.3) is 0 Å². The van der Waals surface area contributed by atoms with E-state index >= 15 is 0 Å². The summed E-state index contributed by atoms with van der Waals surface area (Å²) >= 11 is 6.07. The van der Waals surface area contributed by atoms with Crippen molar-refractivity contribution in [3.05, 3.63) is 22.7 Å². The van der Waals surface area contributed by atoms with Crippen molar-refractivity contribution in [2.45, 2.75) is 51.0 Å². The van der Waals surface area contributed by atoms with E-state index in [4.69, 9.17) is 17.3 Å². The number of rotatable bonds is 3. The molecule has 1 aliphatic carbocycles. The Hall–Kier alpha value is -0.780. The molecular weight excluding hydrogens is 296 g/mol. The second kappa shape index (κ2) is 5.20. The Morgan fingerprint density at radius 2 is 2.05 bits per heavy atom. The van der Waals surface area contributed by atoms with Gasteiger partial charge in [0.1, 0.15) is 4.90 Å². The SMILES string of the molecule is Cc1cc(Cl)c(S(=O)(=O)NC2CCCC2(C)C)cc1N. The van der Waals surface area contributed by atoms with E-state index in [9.17, 15) is 8.42 Å². The predicted octanol–water partition coefficient (Wildman–Crippen LogP) is 3.09. The van der Waals surface area contributed by atoms with Crippen LogP contribution < -0.4 is 10.5 Å². The van der Waals surface area contributed by atoms with Crippen molar-refractivity contribution in [1.29, 1.82) is 0 Å². The maximum Gasteiger partial charge on any atom is 0.242 e. The minimum Gasteiger partial charge on any atom is -0.398 e. The summed E-state index contributed by atoms with van der Waals surface area (Å²) < 4.78 is 27.8. The number of nitrogens with one attached hydrogen (secondary N) is 1. The molecule has 1 fully saturated rings. The highest BCUT2D eigenvalue weighted by molar-refractivity contribution is 7.89. The maximum absolute atomic E-state index is 12.5. The van der Waals surface area contributed by atoms with Crippen LogP contribution >= 0.6 is 11.6 Å². The van der Waals surface area contributed by atoms with Gasteiger partial charge in [-0.05, 0) is 42.9 Å². The van der Waals surface area contributed by atoms with E-state index in [2.05, 4.69) is 18.6 Å². The molecule has 0 radical (unpaired) electrons. The lowest BCUT2D eigenvalue weighted by atomic mass is 9.88. The van der Waals surface area contributed by atoms with Crippen LogP contribution in [0.2, 0.25) is 5.02 Å². The third-order valence-electron chi connectivity index (χ3n) is 4.16. The number of nitrogens with two attached hydrogens (primary N) is 1.